The van der Waals surface area contributed by atoms with E-state index in [9.17, 15) is 26.8 Å². The third-order valence-corrected chi connectivity index (χ3v) is 5.24. The quantitative estimate of drug-likeness (QED) is 0.752. The Morgan fingerprint density at radius 3 is 2.22 bits per heavy atom. The number of anilines is 1. The zero-order valence-corrected chi connectivity index (χ0v) is 15.2. The van der Waals surface area contributed by atoms with E-state index in [2.05, 4.69) is 5.32 Å². The highest BCUT2D eigenvalue weighted by Crippen LogP contribution is 2.16. The summed E-state index contributed by atoms with van der Waals surface area (Å²) >= 11 is 0. The fraction of sp³-hybridized carbons (Fsp3) is 0.176. The molecule has 2 rings (SSSR count). The number of hydrogen-bond acceptors (Lipinski definition) is 5. The van der Waals surface area contributed by atoms with Crippen molar-refractivity contribution >= 4 is 27.6 Å². The van der Waals surface area contributed by atoms with Crippen LogP contribution in [-0.2, 0) is 19.6 Å². The largest absolute Gasteiger partial charge is 0.452 e. The molecule has 7 nitrogen and oxygen atoms in total. The predicted octanol–water partition coefficient (Wildman–Crippen LogP) is 2.01. The van der Waals surface area contributed by atoms with Crippen molar-refractivity contribution in [3.63, 3.8) is 0 Å². The van der Waals surface area contributed by atoms with Crippen molar-refractivity contribution < 1.29 is 31.5 Å². The molecule has 1 amide bonds. The molecule has 0 aliphatic carbocycles. The molecule has 1 N–H and O–H groups in total. The number of halogens is 2. The highest BCUT2D eigenvalue weighted by molar-refractivity contribution is 7.89. The first-order valence-electron chi connectivity index (χ1n) is 7.56. The van der Waals surface area contributed by atoms with Crippen LogP contribution in [0.4, 0.5) is 14.5 Å². The van der Waals surface area contributed by atoms with Crippen molar-refractivity contribution in [2.75, 3.05) is 26.0 Å². The lowest BCUT2D eigenvalue weighted by molar-refractivity contribution is -0.119. The summed E-state index contributed by atoms with van der Waals surface area (Å²) in [7, 11) is -0.796. The lowest BCUT2D eigenvalue weighted by atomic mass is 10.2. The van der Waals surface area contributed by atoms with Crippen LogP contribution in [0.1, 0.15) is 10.4 Å². The summed E-state index contributed by atoms with van der Waals surface area (Å²) in [5.41, 5.74) is 0.0570. The van der Waals surface area contributed by atoms with Gasteiger partial charge in [-0.05, 0) is 42.5 Å². The number of ether oxygens (including phenoxy) is 1. The van der Waals surface area contributed by atoms with Crippen molar-refractivity contribution in [1.29, 1.82) is 0 Å². The van der Waals surface area contributed by atoms with Crippen molar-refractivity contribution in [3.05, 3.63) is 59.7 Å². The van der Waals surface area contributed by atoms with Gasteiger partial charge in [0.1, 0.15) is 0 Å². The fourth-order valence-electron chi connectivity index (χ4n) is 1.96. The van der Waals surface area contributed by atoms with Crippen LogP contribution in [0.15, 0.2) is 47.4 Å². The maximum atomic E-state index is 13.1. The summed E-state index contributed by atoms with van der Waals surface area (Å²) in [6.07, 6.45) is 0. The molecule has 0 saturated carbocycles. The average molecular weight is 398 g/mol. The molecule has 0 heterocycles. The zero-order valence-electron chi connectivity index (χ0n) is 14.4. The van der Waals surface area contributed by atoms with Crippen LogP contribution in [0, 0.1) is 11.6 Å². The Balaban J connectivity index is 1.94. The minimum atomic E-state index is -3.59. The van der Waals surface area contributed by atoms with Gasteiger partial charge < -0.3 is 10.1 Å². The van der Waals surface area contributed by atoms with Gasteiger partial charge in [0.25, 0.3) is 5.91 Å². The molecule has 0 atom stereocenters. The third kappa shape index (κ3) is 5.08. The standard InChI is InChI=1S/C17H16F2N2O5S/c1-21(2)27(24,25)13-6-4-12(5-7-13)20-16(22)10-26-17(23)11-3-8-14(18)15(19)9-11/h3-9H,10H2,1-2H3,(H,20,22). The highest BCUT2D eigenvalue weighted by Gasteiger charge is 2.17. The second kappa shape index (κ2) is 8.23. The van der Waals surface area contributed by atoms with Gasteiger partial charge in [0.15, 0.2) is 18.2 Å². The molecule has 0 bridgehead atoms. The van der Waals surface area contributed by atoms with E-state index in [1.165, 1.54) is 38.4 Å². The van der Waals surface area contributed by atoms with Crippen LogP contribution in [0.25, 0.3) is 0 Å². The van der Waals surface area contributed by atoms with Crippen LogP contribution in [0.2, 0.25) is 0 Å². The number of sulfonamides is 1. The van der Waals surface area contributed by atoms with Gasteiger partial charge in [-0.15, -0.1) is 0 Å². The summed E-state index contributed by atoms with van der Waals surface area (Å²) in [6, 6.07) is 7.87. The Morgan fingerprint density at radius 2 is 1.67 bits per heavy atom. The van der Waals surface area contributed by atoms with Gasteiger partial charge in [0, 0.05) is 19.8 Å². The second-order valence-corrected chi connectivity index (χ2v) is 7.72. The number of carbonyl (C=O) groups is 2. The Morgan fingerprint density at radius 1 is 1.04 bits per heavy atom. The summed E-state index contributed by atoms with van der Waals surface area (Å²) in [6.45, 7) is -0.657. The Labute approximate surface area is 154 Å². The summed E-state index contributed by atoms with van der Waals surface area (Å²) < 4.78 is 55.6. The van der Waals surface area contributed by atoms with Gasteiger partial charge in [-0.25, -0.2) is 26.3 Å². The van der Waals surface area contributed by atoms with E-state index in [4.69, 9.17) is 4.74 Å². The van der Waals surface area contributed by atoms with E-state index < -0.39 is 40.1 Å². The van der Waals surface area contributed by atoms with Crippen molar-refractivity contribution in [3.8, 4) is 0 Å². The molecule has 0 fully saturated rings. The maximum absolute atomic E-state index is 13.1. The normalized spacial score (nSPS) is 11.3. The number of nitrogens with zero attached hydrogens (tertiary/aromatic N) is 1. The van der Waals surface area contributed by atoms with Crippen molar-refractivity contribution in [1.82, 2.24) is 4.31 Å². The number of rotatable bonds is 6. The highest BCUT2D eigenvalue weighted by atomic mass is 32.2. The summed E-state index contributed by atoms with van der Waals surface area (Å²) in [4.78, 5) is 23.6. The molecule has 0 aliphatic heterocycles. The third-order valence-electron chi connectivity index (χ3n) is 3.41. The number of hydrogen-bond donors (Lipinski definition) is 1. The second-order valence-electron chi connectivity index (χ2n) is 5.57. The minimum absolute atomic E-state index is 0.0512. The molecule has 0 saturated heterocycles. The van der Waals surface area contributed by atoms with Gasteiger partial charge >= 0.3 is 5.97 Å². The van der Waals surface area contributed by atoms with E-state index in [0.717, 1.165) is 16.4 Å². The molecule has 0 aliphatic rings. The van der Waals surface area contributed by atoms with E-state index in [0.29, 0.717) is 11.8 Å². The molecule has 0 radical (unpaired) electrons. The number of amides is 1. The predicted molar refractivity (Wildman–Crippen MR) is 92.6 cm³/mol. The van der Waals surface area contributed by atoms with Crippen molar-refractivity contribution in [2.45, 2.75) is 4.90 Å². The Hall–Kier alpha value is -2.85. The van der Waals surface area contributed by atoms with Gasteiger partial charge in [-0.1, -0.05) is 0 Å². The van der Waals surface area contributed by atoms with E-state index in [-0.39, 0.29) is 10.5 Å². The van der Waals surface area contributed by atoms with Crippen LogP contribution in [0.5, 0.6) is 0 Å². The molecule has 0 aromatic heterocycles. The molecule has 0 unspecified atom stereocenters. The monoisotopic (exact) mass is 398 g/mol. The fourth-order valence-corrected chi connectivity index (χ4v) is 2.86. The lowest BCUT2D eigenvalue weighted by Gasteiger charge is -2.12. The van der Waals surface area contributed by atoms with Gasteiger partial charge in [-0.2, -0.15) is 0 Å². The molecule has 0 spiro atoms. The molecule has 2 aromatic carbocycles. The van der Waals surface area contributed by atoms with Crippen LogP contribution in [0.3, 0.4) is 0 Å². The summed E-state index contributed by atoms with van der Waals surface area (Å²) in [5, 5.41) is 2.42. The van der Waals surface area contributed by atoms with Crippen LogP contribution >= 0.6 is 0 Å². The summed E-state index contributed by atoms with van der Waals surface area (Å²) in [5.74, 6) is -3.99. The number of nitrogens with one attached hydrogen (secondary N) is 1. The number of carbonyl (C=O) groups excluding carboxylic acids is 2. The topological polar surface area (TPSA) is 92.8 Å². The van der Waals surface area contributed by atoms with Gasteiger partial charge in [-0.3, -0.25) is 4.79 Å². The smallest absolute Gasteiger partial charge is 0.338 e. The van der Waals surface area contributed by atoms with E-state index in [1.54, 1.807) is 0 Å². The Bertz CT molecular complexity index is 960. The van der Waals surface area contributed by atoms with Crippen LogP contribution < -0.4 is 5.32 Å². The lowest BCUT2D eigenvalue weighted by Crippen LogP contribution is -2.22. The number of benzene rings is 2. The Kier molecular flexibility index (Phi) is 6.24. The van der Waals surface area contributed by atoms with Crippen molar-refractivity contribution in [2.24, 2.45) is 0 Å². The molecule has 27 heavy (non-hydrogen) atoms. The van der Waals surface area contributed by atoms with E-state index >= 15 is 0 Å². The maximum Gasteiger partial charge on any atom is 0.338 e. The molecule has 10 heteroatoms. The average Bonchev–Trinajstić information content (AvgIpc) is 2.62. The molecular weight excluding hydrogens is 382 g/mol. The first kappa shape index (κ1) is 20.5. The van der Waals surface area contributed by atoms with Gasteiger partial charge in [0.05, 0.1) is 10.5 Å². The molecule has 144 valence electrons. The minimum Gasteiger partial charge on any atom is -0.452 e. The first-order valence-corrected chi connectivity index (χ1v) is 9.00. The number of esters is 1. The van der Waals surface area contributed by atoms with Crippen LogP contribution in [-0.4, -0.2) is 45.3 Å². The van der Waals surface area contributed by atoms with E-state index in [1.807, 2.05) is 0 Å². The van der Waals surface area contributed by atoms with Gasteiger partial charge in [0.2, 0.25) is 10.0 Å². The SMILES string of the molecule is CN(C)S(=O)(=O)c1ccc(NC(=O)COC(=O)c2ccc(F)c(F)c2)cc1. The first-order chi connectivity index (χ1) is 12.6. The molecular formula is C17H16F2N2O5S. The molecule has 2 aromatic rings. The zero-order chi connectivity index (χ0) is 20.2.